The fourth-order valence-corrected chi connectivity index (χ4v) is 1.22. The van der Waals surface area contributed by atoms with Crippen LogP contribution in [0.5, 0.6) is 0 Å². The summed E-state index contributed by atoms with van der Waals surface area (Å²) in [5.41, 5.74) is 2.33. The largest absolute Gasteiger partial charge is 0.295 e. The van der Waals surface area contributed by atoms with Gasteiger partial charge in [-0.3, -0.25) is 4.79 Å². The molecule has 1 heteroatoms. The van der Waals surface area contributed by atoms with Crippen LogP contribution >= 0.6 is 0 Å². The number of carbonyl (C=O) groups is 1. The number of Topliss-reactive ketones (excluding diaryl/α,β-unsaturated/α-hetero) is 1. The van der Waals surface area contributed by atoms with Gasteiger partial charge in [-0.1, -0.05) is 24.6 Å². The highest BCUT2D eigenvalue weighted by Gasteiger charge is 2.11. The Kier molecular flexibility index (Phi) is 2.28. The molecular formula is C10H14O. The third-order valence-corrected chi connectivity index (χ3v) is 2.27. The van der Waals surface area contributed by atoms with Crippen LogP contribution in [0.3, 0.4) is 0 Å². The van der Waals surface area contributed by atoms with Gasteiger partial charge in [0.2, 0.25) is 0 Å². The van der Waals surface area contributed by atoms with Crippen LogP contribution < -0.4 is 0 Å². The Morgan fingerprint density at radius 1 is 1.64 bits per heavy atom. The molecule has 0 aromatic carbocycles. The van der Waals surface area contributed by atoms with E-state index in [4.69, 9.17) is 0 Å². The Hall–Kier alpha value is -0.850. The molecular weight excluding hydrogens is 136 g/mol. The first-order valence-electron chi connectivity index (χ1n) is 3.99. The van der Waals surface area contributed by atoms with Crippen LogP contribution in [0.4, 0.5) is 0 Å². The maximum atomic E-state index is 11.0. The third-order valence-electron chi connectivity index (χ3n) is 2.27. The molecule has 0 N–H and O–H groups in total. The summed E-state index contributed by atoms with van der Waals surface area (Å²) in [4.78, 5) is 11.0. The lowest BCUT2D eigenvalue weighted by atomic mass is 9.90. The summed E-state index contributed by atoms with van der Waals surface area (Å²) in [7, 11) is 0. The van der Waals surface area contributed by atoms with Gasteiger partial charge in [0.15, 0.2) is 5.78 Å². The molecule has 1 aliphatic rings. The first kappa shape index (κ1) is 8.25. The Bertz CT molecular complexity index is 233. The summed E-state index contributed by atoms with van der Waals surface area (Å²) in [5.74, 6) is 0.656. The maximum absolute atomic E-state index is 11.0. The lowest BCUT2D eigenvalue weighted by molar-refractivity contribution is -0.113. The summed E-state index contributed by atoms with van der Waals surface area (Å²) in [5, 5.41) is 0. The zero-order valence-corrected chi connectivity index (χ0v) is 7.35. The third kappa shape index (κ3) is 1.79. The molecule has 0 fully saturated rings. The molecule has 11 heavy (non-hydrogen) atoms. The van der Waals surface area contributed by atoms with Crippen molar-refractivity contribution in [3.63, 3.8) is 0 Å². The number of hydrogen-bond donors (Lipinski definition) is 0. The first-order valence-corrected chi connectivity index (χ1v) is 3.99. The molecule has 0 amide bonds. The number of hydrogen-bond acceptors (Lipinski definition) is 1. The molecule has 0 spiro atoms. The molecule has 60 valence electrons. The number of rotatable bonds is 1. The molecule has 0 saturated carbocycles. The fourth-order valence-electron chi connectivity index (χ4n) is 1.22. The van der Waals surface area contributed by atoms with Gasteiger partial charge in [-0.15, -0.1) is 0 Å². The lowest BCUT2D eigenvalue weighted by Gasteiger charge is -2.14. The summed E-state index contributed by atoms with van der Waals surface area (Å²) >= 11 is 0. The van der Waals surface area contributed by atoms with E-state index in [2.05, 4.69) is 26.0 Å². The molecule has 0 heterocycles. The Balaban J connectivity index is 2.77. The van der Waals surface area contributed by atoms with Crippen molar-refractivity contribution in [2.75, 3.05) is 0 Å². The second-order valence-corrected chi connectivity index (χ2v) is 3.19. The van der Waals surface area contributed by atoms with Crippen molar-refractivity contribution < 1.29 is 4.79 Å². The van der Waals surface area contributed by atoms with E-state index in [9.17, 15) is 4.79 Å². The van der Waals surface area contributed by atoms with Crippen LogP contribution in [0.1, 0.15) is 27.2 Å². The molecule has 1 atom stereocenters. The highest BCUT2D eigenvalue weighted by atomic mass is 16.1. The molecule has 0 bridgehead atoms. The maximum Gasteiger partial charge on any atom is 0.155 e. The summed E-state index contributed by atoms with van der Waals surface area (Å²) in [6.07, 6.45) is 5.03. The average Bonchev–Trinajstić information content (AvgIpc) is 1.94. The van der Waals surface area contributed by atoms with E-state index in [1.54, 1.807) is 6.92 Å². The second kappa shape index (κ2) is 3.04. The van der Waals surface area contributed by atoms with Crippen LogP contribution in [0, 0.1) is 5.92 Å². The van der Waals surface area contributed by atoms with Crippen LogP contribution in [0.25, 0.3) is 0 Å². The van der Waals surface area contributed by atoms with Crippen molar-refractivity contribution in [2.24, 2.45) is 5.92 Å². The quantitative estimate of drug-likeness (QED) is 0.525. The van der Waals surface area contributed by atoms with Crippen LogP contribution in [-0.4, -0.2) is 5.78 Å². The fraction of sp³-hybridized carbons (Fsp3) is 0.500. The van der Waals surface area contributed by atoms with Crippen molar-refractivity contribution >= 4 is 5.78 Å². The minimum absolute atomic E-state index is 0.209. The molecule has 0 radical (unpaired) electrons. The molecule has 0 aliphatic heterocycles. The van der Waals surface area contributed by atoms with Gasteiger partial charge in [0.1, 0.15) is 0 Å². The van der Waals surface area contributed by atoms with Crippen molar-refractivity contribution in [1.82, 2.24) is 0 Å². The van der Waals surface area contributed by atoms with Crippen LogP contribution in [-0.2, 0) is 4.79 Å². The normalized spacial score (nSPS) is 24.1. The van der Waals surface area contributed by atoms with Crippen molar-refractivity contribution in [2.45, 2.75) is 27.2 Å². The Morgan fingerprint density at radius 3 is 2.73 bits per heavy atom. The summed E-state index contributed by atoms with van der Waals surface area (Å²) in [6.45, 7) is 5.86. The van der Waals surface area contributed by atoms with Crippen LogP contribution in [0.15, 0.2) is 23.3 Å². The molecule has 1 unspecified atom stereocenters. The van der Waals surface area contributed by atoms with E-state index in [0.717, 1.165) is 12.0 Å². The molecule has 1 aliphatic carbocycles. The minimum atomic E-state index is 0.209. The molecule has 1 nitrogen and oxygen atoms in total. The smallest absolute Gasteiger partial charge is 0.155 e. The lowest BCUT2D eigenvalue weighted by Crippen LogP contribution is -2.05. The first-order chi connectivity index (χ1) is 5.11. The summed E-state index contributed by atoms with van der Waals surface area (Å²) < 4.78 is 0. The van der Waals surface area contributed by atoms with Gasteiger partial charge in [-0.2, -0.15) is 0 Å². The van der Waals surface area contributed by atoms with E-state index < -0.39 is 0 Å². The van der Waals surface area contributed by atoms with Crippen molar-refractivity contribution in [3.8, 4) is 0 Å². The Labute approximate surface area is 67.8 Å². The Morgan fingerprint density at radius 2 is 2.27 bits per heavy atom. The highest BCUT2D eigenvalue weighted by molar-refractivity contribution is 5.93. The van der Waals surface area contributed by atoms with Gasteiger partial charge in [0, 0.05) is 0 Å². The standard InChI is InChI=1S/C10H14O/c1-7-4-5-10(9(3)11)6-8(7)2/h4,6,8H,5H2,1-3H3. The van der Waals surface area contributed by atoms with Gasteiger partial charge < -0.3 is 0 Å². The van der Waals surface area contributed by atoms with E-state index >= 15 is 0 Å². The predicted octanol–water partition coefficient (Wildman–Crippen LogP) is 2.49. The van der Waals surface area contributed by atoms with Gasteiger partial charge in [-0.25, -0.2) is 0 Å². The molecule has 1 rings (SSSR count). The average molecular weight is 150 g/mol. The van der Waals surface area contributed by atoms with Crippen LogP contribution in [0.2, 0.25) is 0 Å². The van der Waals surface area contributed by atoms with Gasteiger partial charge in [-0.05, 0) is 31.8 Å². The predicted molar refractivity (Wildman–Crippen MR) is 46.3 cm³/mol. The number of carbonyl (C=O) groups excluding carboxylic acids is 1. The van der Waals surface area contributed by atoms with E-state index in [0.29, 0.717) is 5.92 Å². The topological polar surface area (TPSA) is 17.1 Å². The highest BCUT2D eigenvalue weighted by Crippen LogP contribution is 2.22. The summed E-state index contributed by atoms with van der Waals surface area (Å²) in [6, 6.07) is 0. The molecule has 0 aromatic rings. The van der Waals surface area contributed by atoms with E-state index in [1.165, 1.54) is 5.57 Å². The number of allylic oxidation sites excluding steroid dienone is 4. The zero-order valence-electron chi connectivity index (χ0n) is 7.35. The van der Waals surface area contributed by atoms with E-state index in [-0.39, 0.29) is 5.78 Å². The second-order valence-electron chi connectivity index (χ2n) is 3.19. The monoisotopic (exact) mass is 150 g/mol. The number of ketones is 1. The van der Waals surface area contributed by atoms with Crippen molar-refractivity contribution in [3.05, 3.63) is 23.3 Å². The van der Waals surface area contributed by atoms with E-state index in [1.807, 2.05) is 0 Å². The van der Waals surface area contributed by atoms with Crippen molar-refractivity contribution in [1.29, 1.82) is 0 Å². The molecule has 0 aromatic heterocycles. The van der Waals surface area contributed by atoms with Gasteiger partial charge in [0.25, 0.3) is 0 Å². The minimum Gasteiger partial charge on any atom is -0.295 e. The SMILES string of the molecule is CC(=O)C1=CC(C)C(C)=CC1. The van der Waals surface area contributed by atoms with Gasteiger partial charge >= 0.3 is 0 Å². The zero-order chi connectivity index (χ0) is 8.43. The van der Waals surface area contributed by atoms with Gasteiger partial charge in [0.05, 0.1) is 0 Å². The molecule has 0 saturated heterocycles.